The van der Waals surface area contributed by atoms with Crippen LogP contribution in [0.25, 0.3) is 0 Å². The van der Waals surface area contributed by atoms with Crippen molar-refractivity contribution in [2.75, 3.05) is 0 Å². The quantitative estimate of drug-likeness (QED) is 0.822. The molecule has 18 heavy (non-hydrogen) atoms. The van der Waals surface area contributed by atoms with Crippen molar-refractivity contribution in [1.82, 2.24) is 4.98 Å². The minimum Gasteiger partial charge on any atom is -0.298 e. The van der Waals surface area contributed by atoms with Crippen molar-refractivity contribution < 1.29 is 4.79 Å². The zero-order valence-electron chi connectivity index (χ0n) is 11.1. The van der Waals surface area contributed by atoms with E-state index in [2.05, 4.69) is 31.8 Å². The Bertz CT molecular complexity index is 507. The van der Waals surface area contributed by atoms with E-state index < -0.39 is 5.41 Å². The fourth-order valence-corrected chi connectivity index (χ4v) is 3.40. The van der Waals surface area contributed by atoms with Crippen LogP contribution in [0.4, 0.5) is 0 Å². The van der Waals surface area contributed by atoms with Crippen LogP contribution in [-0.2, 0) is 16.6 Å². The second-order valence-corrected chi connectivity index (χ2v) is 6.97. The maximum Gasteiger partial charge on any atom is 0.153 e. The molecule has 0 spiro atoms. The SMILES string of the molecule is CC(C)(C)c1csc(CC2(C#N)CCCC2=O)n1. The highest BCUT2D eigenvalue weighted by atomic mass is 32.1. The van der Waals surface area contributed by atoms with Gasteiger partial charge >= 0.3 is 0 Å². The average Bonchev–Trinajstić information content (AvgIpc) is 2.87. The fraction of sp³-hybridized carbons (Fsp3) is 0.643. The van der Waals surface area contributed by atoms with Crippen LogP contribution in [0.15, 0.2) is 5.38 Å². The van der Waals surface area contributed by atoms with Gasteiger partial charge in [-0.3, -0.25) is 4.79 Å². The van der Waals surface area contributed by atoms with Crippen LogP contribution in [-0.4, -0.2) is 10.8 Å². The minimum absolute atomic E-state index is 0.0221. The molecule has 0 N–H and O–H groups in total. The van der Waals surface area contributed by atoms with Crippen molar-refractivity contribution in [3.05, 3.63) is 16.1 Å². The molecule has 1 saturated carbocycles. The summed E-state index contributed by atoms with van der Waals surface area (Å²) in [6.45, 7) is 6.35. The van der Waals surface area contributed by atoms with Crippen LogP contribution in [0.5, 0.6) is 0 Å². The molecule has 2 rings (SSSR count). The Morgan fingerprint density at radius 2 is 2.28 bits per heavy atom. The number of Topliss-reactive ketones (excluding diaryl/α,β-unsaturated/α-hetero) is 1. The third-order valence-corrected chi connectivity index (χ3v) is 4.38. The molecule has 1 aromatic heterocycles. The molecular weight excluding hydrogens is 244 g/mol. The van der Waals surface area contributed by atoms with Crippen LogP contribution in [0.2, 0.25) is 0 Å². The Morgan fingerprint density at radius 1 is 1.56 bits per heavy atom. The third kappa shape index (κ3) is 2.32. The van der Waals surface area contributed by atoms with Gasteiger partial charge in [0.05, 0.1) is 16.8 Å². The van der Waals surface area contributed by atoms with E-state index in [0.29, 0.717) is 19.3 Å². The van der Waals surface area contributed by atoms with Crippen molar-refractivity contribution in [3.8, 4) is 6.07 Å². The first kappa shape index (κ1) is 13.2. The van der Waals surface area contributed by atoms with Crippen LogP contribution in [0.1, 0.15) is 50.7 Å². The zero-order chi connectivity index (χ0) is 13.4. The highest BCUT2D eigenvalue weighted by Gasteiger charge is 2.43. The van der Waals surface area contributed by atoms with Gasteiger partial charge in [-0.15, -0.1) is 11.3 Å². The van der Waals surface area contributed by atoms with Crippen LogP contribution in [0, 0.1) is 16.7 Å². The largest absolute Gasteiger partial charge is 0.298 e. The van der Waals surface area contributed by atoms with Crippen molar-refractivity contribution in [3.63, 3.8) is 0 Å². The van der Waals surface area contributed by atoms with E-state index in [9.17, 15) is 10.1 Å². The van der Waals surface area contributed by atoms with Gasteiger partial charge in [-0.1, -0.05) is 20.8 Å². The molecule has 0 aromatic carbocycles. The number of thiazole rings is 1. The lowest BCUT2D eigenvalue weighted by atomic mass is 9.84. The predicted molar refractivity (Wildman–Crippen MR) is 71.4 cm³/mol. The number of hydrogen-bond acceptors (Lipinski definition) is 4. The van der Waals surface area contributed by atoms with Gasteiger partial charge < -0.3 is 0 Å². The minimum atomic E-state index is -0.799. The number of nitriles is 1. The Kier molecular flexibility index (Phi) is 3.29. The van der Waals surface area contributed by atoms with Gasteiger partial charge in [-0.2, -0.15) is 5.26 Å². The first-order valence-electron chi connectivity index (χ1n) is 6.27. The highest BCUT2D eigenvalue weighted by molar-refractivity contribution is 7.09. The first-order valence-corrected chi connectivity index (χ1v) is 7.15. The molecule has 1 aliphatic carbocycles. The summed E-state index contributed by atoms with van der Waals surface area (Å²) in [5.41, 5.74) is 0.266. The Hall–Kier alpha value is -1.21. The van der Waals surface area contributed by atoms with Gasteiger partial charge in [0.1, 0.15) is 5.41 Å². The average molecular weight is 262 g/mol. The molecule has 1 aromatic rings. The number of ketones is 1. The maximum absolute atomic E-state index is 11.9. The summed E-state index contributed by atoms with van der Waals surface area (Å²) in [7, 11) is 0. The molecule has 4 heteroatoms. The molecule has 1 atom stereocenters. The van der Waals surface area contributed by atoms with E-state index >= 15 is 0 Å². The molecule has 1 unspecified atom stereocenters. The molecule has 0 bridgehead atoms. The van der Waals surface area contributed by atoms with E-state index in [1.54, 1.807) is 11.3 Å². The molecular formula is C14H18N2OS. The van der Waals surface area contributed by atoms with Gasteiger partial charge in [0.15, 0.2) is 5.78 Å². The van der Waals surface area contributed by atoms with E-state index in [-0.39, 0.29) is 11.2 Å². The summed E-state index contributed by atoms with van der Waals surface area (Å²) in [4.78, 5) is 16.5. The molecule has 0 aliphatic heterocycles. The summed E-state index contributed by atoms with van der Waals surface area (Å²) in [6.07, 6.45) is 2.56. The fourth-order valence-electron chi connectivity index (χ4n) is 2.27. The van der Waals surface area contributed by atoms with Gasteiger partial charge in [0, 0.05) is 23.6 Å². The second kappa shape index (κ2) is 4.47. The van der Waals surface area contributed by atoms with Crippen LogP contribution < -0.4 is 0 Å². The van der Waals surface area contributed by atoms with Gasteiger partial charge in [-0.05, 0) is 12.8 Å². The summed E-state index contributed by atoms with van der Waals surface area (Å²) < 4.78 is 0. The van der Waals surface area contributed by atoms with Crippen molar-refractivity contribution in [2.24, 2.45) is 5.41 Å². The van der Waals surface area contributed by atoms with E-state index in [0.717, 1.165) is 17.1 Å². The Labute approximate surface area is 112 Å². The van der Waals surface area contributed by atoms with Crippen molar-refractivity contribution in [1.29, 1.82) is 5.26 Å². The lowest BCUT2D eigenvalue weighted by Crippen LogP contribution is -2.26. The van der Waals surface area contributed by atoms with Gasteiger partial charge in [0.2, 0.25) is 0 Å². The molecule has 1 aliphatic rings. The number of carbonyl (C=O) groups excluding carboxylic acids is 1. The molecule has 96 valence electrons. The molecule has 0 saturated heterocycles. The Morgan fingerprint density at radius 3 is 2.72 bits per heavy atom. The summed E-state index contributed by atoms with van der Waals surface area (Å²) >= 11 is 1.56. The van der Waals surface area contributed by atoms with Crippen LogP contribution >= 0.6 is 11.3 Å². The molecule has 0 amide bonds. The van der Waals surface area contributed by atoms with E-state index in [1.165, 1.54) is 0 Å². The molecule has 1 fully saturated rings. The summed E-state index contributed by atoms with van der Waals surface area (Å²) in [5.74, 6) is 0.0949. The molecule has 1 heterocycles. The molecule has 3 nitrogen and oxygen atoms in total. The number of rotatable bonds is 2. The normalized spacial score (nSPS) is 24.2. The zero-order valence-corrected chi connectivity index (χ0v) is 11.9. The Balaban J connectivity index is 2.22. The third-order valence-electron chi connectivity index (χ3n) is 3.53. The number of aromatic nitrogens is 1. The summed E-state index contributed by atoms with van der Waals surface area (Å²) in [5, 5.41) is 12.3. The van der Waals surface area contributed by atoms with Crippen molar-refractivity contribution >= 4 is 17.1 Å². The number of nitrogens with zero attached hydrogens (tertiary/aromatic N) is 2. The van der Waals surface area contributed by atoms with Crippen LogP contribution in [0.3, 0.4) is 0 Å². The molecule has 0 radical (unpaired) electrons. The lowest BCUT2D eigenvalue weighted by Gasteiger charge is -2.17. The standard InChI is InChI=1S/C14H18N2OS/c1-13(2,3)10-8-18-12(16-10)7-14(9-15)6-4-5-11(14)17/h8H,4-7H2,1-3H3. The topological polar surface area (TPSA) is 53.8 Å². The number of carbonyl (C=O) groups is 1. The maximum atomic E-state index is 11.9. The number of hydrogen-bond donors (Lipinski definition) is 0. The van der Waals surface area contributed by atoms with Gasteiger partial charge in [0.25, 0.3) is 0 Å². The van der Waals surface area contributed by atoms with Crippen molar-refractivity contribution in [2.45, 2.75) is 51.9 Å². The van der Waals surface area contributed by atoms with E-state index in [1.807, 2.05) is 5.38 Å². The smallest absolute Gasteiger partial charge is 0.153 e. The summed E-state index contributed by atoms with van der Waals surface area (Å²) in [6, 6.07) is 2.24. The predicted octanol–water partition coefficient (Wildman–Crippen LogP) is 3.25. The lowest BCUT2D eigenvalue weighted by molar-refractivity contribution is -0.123. The second-order valence-electron chi connectivity index (χ2n) is 6.02. The van der Waals surface area contributed by atoms with E-state index in [4.69, 9.17) is 0 Å². The van der Waals surface area contributed by atoms with Gasteiger partial charge in [-0.25, -0.2) is 4.98 Å². The first-order chi connectivity index (χ1) is 8.37. The monoisotopic (exact) mass is 262 g/mol. The highest BCUT2D eigenvalue weighted by Crippen LogP contribution is 2.38.